The van der Waals surface area contributed by atoms with Crippen LogP contribution in [-0.2, 0) is 20.8 Å². The number of phenolic OH excluding ortho intramolecular Hbond substituents is 1. The molecule has 10 nitrogen and oxygen atoms in total. The normalized spacial score (nSPS) is 24.6. The predicted octanol–water partition coefficient (Wildman–Crippen LogP) is 3.16. The van der Waals surface area contributed by atoms with Gasteiger partial charge < -0.3 is 10.2 Å². The van der Waals surface area contributed by atoms with Crippen molar-refractivity contribution in [3.05, 3.63) is 106 Å². The lowest BCUT2D eigenvalue weighted by molar-refractivity contribution is -0.384. The number of phenols is 1. The quantitative estimate of drug-likeness (QED) is 0.248. The average molecular weight is 514 g/mol. The fourth-order valence-electron chi connectivity index (χ4n) is 5.36. The van der Waals surface area contributed by atoms with E-state index in [1.165, 1.54) is 30.3 Å². The Balaban J connectivity index is 1.60. The van der Waals surface area contributed by atoms with Crippen LogP contribution in [-0.4, -0.2) is 44.5 Å². The lowest BCUT2D eigenvalue weighted by Crippen LogP contribution is -2.58. The van der Waals surface area contributed by atoms with Gasteiger partial charge in [0.15, 0.2) is 0 Å². The van der Waals surface area contributed by atoms with E-state index in [9.17, 15) is 34.7 Å². The summed E-state index contributed by atoms with van der Waals surface area (Å²) in [7, 11) is 0. The SMILES string of the molecule is O=C1C2C(C=Cc3ccccc3)NC(Cc3ccc(O)cc3)(C(=O)O)C2C(=O)N1c1cccc([N+](=O)[O-])c1. The highest BCUT2D eigenvalue weighted by atomic mass is 16.6. The summed E-state index contributed by atoms with van der Waals surface area (Å²) < 4.78 is 0. The number of imide groups is 1. The minimum absolute atomic E-state index is 0.00280. The van der Waals surface area contributed by atoms with Crippen LogP contribution in [0.1, 0.15) is 11.1 Å². The molecule has 10 heteroatoms. The first-order valence-corrected chi connectivity index (χ1v) is 11.9. The van der Waals surface area contributed by atoms with Gasteiger partial charge >= 0.3 is 5.97 Å². The first-order valence-electron chi connectivity index (χ1n) is 11.9. The lowest BCUT2D eigenvalue weighted by Gasteiger charge is -2.31. The van der Waals surface area contributed by atoms with E-state index < -0.39 is 46.1 Å². The van der Waals surface area contributed by atoms with Crippen LogP contribution >= 0.6 is 0 Å². The van der Waals surface area contributed by atoms with Crippen molar-refractivity contribution in [3.8, 4) is 5.75 Å². The zero-order valence-corrected chi connectivity index (χ0v) is 19.9. The molecule has 2 aliphatic heterocycles. The van der Waals surface area contributed by atoms with E-state index in [0.29, 0.717) is 5.56 Å². The van der Waals surface area contributed by atoms with E-state index >= 15 is 0 Å². The molecule has 3 N–H and O–H groups in total. The Morgan fingerprint density at radius 1 is 1.03 bits per heavy atom. The number of aromatic hydroxyl groups is 1. The number of carboxylic acid groups (broad SMARTS) is 1. The summed E-state index contributed by atoms with van der Waals surface area (Å²) in [5.41, 5.74) is -0.774. The summed E-state index contributed by atoms with van der Waals surface area (Å²) in [6, 6.07) is 19.5. The van der Waals surface area contributed by atoms with Crippen molar-refractivity contribution >= 4 is 35.2 Å². The average Bonchev–Trinajstić information content (AvgIpc) is 3.38. The second kappa shape index (κ2) is 9.56. The van der Waals surface area contributed by atoms with Crippen molar-refractivity contribution in [2.75, 3.05) is 4.90 Å². The highest BCUT2D eigenvalue weighted by Gasteiger charge is 2.68. The lowest BCUT2D eigenvalue weighted by atomic mass is 9.76. The van der Waals surface area contributed by atoms with Gasteiger partial charge in [0.05, 0.1) is 22.4 Å². The number of benzene rings is 3. The van der Waals surface area contributed by atoms with E-state index in [0.717, 1.165) is 16.5 Å². The number of hydrogen-bond acceptors (Lipinski definition) is 7. The number of carbonyl (C=O) groups is 3. The van der Waals surface area contributed by atoms with Crippen LogP contribution in [0.5, 0.6) is 5.75 Å². The molecule has 2 saturated heterocycles. The van der Waals surface area contributed by atoms with Crippen LogP contribution in [0, 0.1) is 22.0 Å². The maximum absolute atomic E-state index is 13.8. The van der Waals surface area contributed by atoms with Gasteiger partial charge in [-0.25, -0.2) is 4.90 Å². The number of nitro groups is 1. The summed E-state index contributed by atoms with van der Waals surface area (Å²) >= 11 is 0. The van der Waals surface area contributed by atoms with Gasteiger partial charge in [-0.1, -0.05) is 60.7 Å². The molecule has 0 saturated carbocycles. The molecule has 192 valence electrons. The Kier molecular flexibility index (Phi) is 6.25. The molecule has 0 radical (unpaired) electrons. The molecule has 4 atom stereocenters. The predicted molar refractivity (Wildman–Crippen MR) is 137 cm³/mol. The third-order valence-corrected chi connectivity index (χ3v) is 7.09. The highest BCUT2D eigenvalue weighted by molar-refractivity contribution is 6.24. The summed E-state index contributed by atoms with van der Waals surface area (Å²) in [5, 5.41) is 34.6. The van der Waals surface area contributed by atoms with Crippen LogP contribution < -0.4 is 10.2 Å². The molecule has 3 aromatic rings. The molecule has 0 aliphatic carbocycles. The van der Waals surface area contributed by atoms with Gasteiger partial charge in [0.2, 0.25) is 11.8 Å². The third-order valence-electron chi connectivity index (χ3n) is 7.09. The van der Waals surface area contributed by atoms with Gasteiger partial charge in [-0.05, 0) is 29.3 Å². The highest BCUT2D eigenvalue weighted by Crippen LogP contribution is 2.46. The first kappa shape index (κ1) is 24.8. The van der Waals surface area contributed by atoms with E-state index in [1.54, 1.807) is 24.3 Å². The van der Waals surface area contributed by atoms with E-state index in [1.807, 2.05) is 30.3 Å². The molecule has 2 fully saturated rings. The van der Waals surface area contributed by atoms with Crippen molar-refractivity contribution in [3.63, 3.8) is 0 Å². The third kappa shape index (κ3) is 4.20. The standard InChI is InChI=1S/C28H23N3O7/c32-21-12-9-18(10-13-21)16-28(27(35)36)24-23(22(29-28)14-11-17-5-2-1-3-6-17)25(33)30(26(24)34)19-7-4-8-20(15-19)31(37)38/h1-15,22-24,29,32H,16H2,(H,35,36). The van der Waals surface area contributed by atoms with Gasteiger partial charge in [-0.3, -0.25) is 29.8 Å². The number of amides is 2. The van der Waals surface area contributed by atoms with Gasteiger partial charge in [-0.15, -0.1) is 0 Å². The number of aliphatic carboxylic acids is 1. The van der Waals surface area contributed by atoms with E-state index in [2.05, 4.69) is 5.32 Å². The number of rotatable bonds is 7. The van der Waals surface area contributed by atoms with Crippen molar-refractivity contribution in [2.24, 2.45) is 11.8 Å². The van der Waals surface area contributed by atoms with E-state index in [4.69, 9.17) is 0 Å². The summed E-state index contributed by atoms with van der Waals surface area (Å²) in [6.07, 6.45) is 3.29. The molecular formula is C28H23N3O7. The number of nitro benzene ring substituents is 1. The smallest absolute Gasteiger partial charge is 0.325 e. The molecule has 2 aliphatic rings. The number of fused-ring (bicyclic) bond motifs is 1. The zero-order chi connectivity index (χ0) is 27.0. The van der Waals surface area contributed by atoms with Crippen LogP contribution in [0.3, 0.4) is 0 Å². The molecule has 2 heterocycles. The number of non-ortho nitro benzene ring substituents is 1. The summed E-state index contributed by atoms with van der Waals surface area (Å²) in [4.78, 5) is 52.0. The van der Waals surface area contributed by atoms with Crippen LogP contribution in [0.2, 0.25) is 0 Å². The second-order valence-electron chi connectivity index (χ2n) is 9.35. The Morgan fingerprint density at radius 3 is 2.39 bits per heavy atom. The summed E-state index contributed by atoms with van der Waals surface area (Å²) in [5.74, 6) is -5.03. The molecular weight excluding hydrogens is 490 g/mol. The molecule has 38 heavy (non-hydrogen) atoms. The fraction of sp³-hybridized carbons (Fsp3) is 0.179. The minimum Gasteiger partial charge on any atom is -0.508 e. The van der Waals surface area contributed by atoms with Gasteiger partial charge in [0.25, 0.3) is 5.69 Å². The van der Waals surface area contributed by atoms with E-state index in [-0.39, 0.29) is 23.5 Å². The number of anilines is 1. The van der Waals surface area contributed by atoms with Crippen LogP contribution in [0.25, 0.3) is 6.08 Å². The molecule has 4 unspecified atom stereocenters. The monoisotopic (exact) mass is 513 g/mol. The topological polar surface area (TPSA) is 150 Å². The number of nitrogens with one attached hydrogen (secondary N) is 1. The van der Waals surface area contributed by atoms with Crippen molar-refractivity contribution in [2.45, 2.75) is 18.0 Å². The van der Waals surface area contributed by atoms with Gasteiger partial charge in [0.1, 0.15) is 11.3 Å². The first-order chi connectivity index (χ1) is 18.2. The van der Waals surface area contributed by atoms with Gasteiger partial charge in [-0.2, -0.15) is 0 Å². The molecule has 0 spiro atoms. The van der Waals surface area contributed by atoms with Gasteiger partial charge in [0, 0.05) is 24.6 Å². The molecule has 5 rings (SSSR count). The van der Waals surface area contributed by atoms with Crippen molar-refractivity contribution < 1.29 is 29.5 Å². The maximum atomic E-state index is 13.8. The number of carboxylic acids is 1. The number of carbonyl (C=O) groups excluding carboxylic acids is 2. The van der Waals surface area contributed by atoms with Crippen LogP contribution in [0.15, 0.2) is 84.9 Å². The van der Waals surface area contributed by atoms with Crippen molar-refractivity contribution in [1.82, 2.24) is 5.32 Å². The molecule has 2 amide bonds. The summed E-state index contributed by atoms with van der Waals surface area (Å²) in [6.45, 7) is 0. The molecule has 0 bridgehead atoms. The maximum Gasteiger partial charge on any atom is 0.325 e. The Bertz CT molecular complexity index is 1450. The van der Waals surface area contributed by atoms with Crippen molar-refractivity contribution in [1.29, 1.82) is 0 Å². The minimum atomic E-state index is -1.85. The zero-order valence-electron chi connectivity index (χ0n) is 19.9. The Morgan fingerprint density at radius 2 is 1.74 bits per heavy atom. The van der Waals surface area contributed by atoms with Crippen LogP contribution in [0.4, 0.5) is 11.4 Å². The number of nitrogens with zero attached hydrogens (tertiary/aromatic N) is 2. The Hall–Kier alpha value is -4.83. The Labute approximate surface area is 217 Å². The fourth-order valence-corrected chi connectivity index (χ4v) is 5.36. The second-order valence-corrected chi connectivity index (χ2v) is 9.35. The largest absolute Gasteiger partial charge is 0.508 e. The number of hydrogen-bond donors (Lipinski definition) is 3. The molecule has 0 aromatic heterocycles. The molecule has 3 aromatic carbocycles.